The van der Waals surface area contributed by atoms with Crippen LogP contribution in [0.2, 0.25) is 0 Å². The van der Waals surface area contributed by atoms with Crippen LogP contribution >= 0.6 is 0 Å². The van der Waals surface area contributed by atoms with Gasteiger partial charge in [-0.15, -0.1) is 0 Å². The molecule has 1 fully saturated rings. The summed E-state index contributed by atoms with van der Waals surface area (Å²) < 4.78 is 0. The topological polar surface area (TPSA) is 254 Å². The third-order valence-electron chi connectivity index (χ3n) is 4.96. The lowest BCUT2D eigenvalue weighted by Gasteiger charge is -2.24. The molecule has 1 aliphatic heterocycles. The molecule has 1 aliphatic rings. The Kier molecular flexibility index (Phi) is 11.4. The van der Waals surface area contributed by atoms with Gasteiger partial charge in [-0.3, -0.25) is 28.8 Å². The first kappa shape index (κ1) is 28.3. The molecular formula is C19H29N5O10. The van der Waals surface area contributed by atoms with Crippen LogP contribution in [0.5, 0.6) is 0 Å². The second-order valence-corrected chi connectivity index (χ2v) is 7.71. The number of carbonyl (C=O) groups excluding carboxylic acids is 4. The summed E-state index contributed by atoms with van der Waals surface area (Å²) in [5.41, 5.74) is 5.08. The standard InChI is InChI=1S/C19H29N5O10/c20-13(25)5-3-10(17(31)23-11(19(33)34)4-6-14(26)27)22-18(32)12(8-15(28)29)24-16(30)9-2-1-7-21-9/h9-12,21H,1-8H2,(H2,20,25)(H,22,32)(H,23,31)(H,24,30)(H,26,27)(H,28,29)(H,33,34). The second kappa shape index (κ2) is 13.7. The zero-order chi connectivity index (χ0) is 25.8. The molecule has 34 heavy (non-hydrogen) atoms. The Morgan fingerprint density at radius 3 is 1.91 bits per heavy atom. The first-order valence-corrected chi connectivity index (χ1v) is 10.5. The van der Waals surface area contributed by atoms with Crippen molar-refractivity contribution < 1.29 is 48.9 Å². The molecule has 0 aliphatic carbocycles. The number of carboxylic acid groups (broad SMARTS) is 3. The summed E-state index contributed by atoms with van der Waals surface area (Å²) in [5.74, 6) is -7.73. The summed E-state index contributed by atoms with van der Waals surface area (Å²) in [6.45, 7) is 0.579. The van der Waals surface area contributed by atoms with Gasteiger partial charge in [0.15, 0.2) is 0 Å². The highest BCUT2D eigenvalue weighted by molar-refractivity contribution is 5.96. The molecule has 15 heteroatoms. The van der Waals surface area contributed by atoms with Crippen molar-refractivity contribution in [3.05, 3.63) is 0 Å². The summed E-state index contributed by atoms with van der Waals surface area (Å²) >= 11 is 0. The predicted molar refractivity (Wildman–Crippen MR) is 112 cm³/mol. The van der Waals surface area contributed by atoms with Gasteiger partial charge in [0.05, 0.1) is 12.5 Å². The van der Waals surface area contributed by atoms with Crippen molar-refractivity contribution in [2.75, 3.05) is 6.54 Å². The highest BCUT2D eigenvalue weighted by Crippen LogP contribution is 2.07. The van der Waals surface area contributed by atoms with Gasteiger partial charge in [0, 0.05) is 12.8 Å². The Bertz CT molecular complexity index is 811. The second-order valence-electron chi connectivity index (χ2n) is 7.71. The van der Waals surface area contributed by atoms with Crippen LogP contribution in [0, 0.1) is 0 Å². The smallest absolute Gasteiger partial charge is 0.326 e. The number of hydrogen-bond acceptors (Lipinski definition) is 8. The van der Waals surface area contributed by atoms with E-state index in [2.05, 4.69) is 21.3 Å². The van der Waals surface area contributed by atoms with Crippen LogP contribution in [-0.2, 0) is 33.6 Å². The summed E-state index contributed by atoms with van der Waals surface area (Å²) in [6, 6.07) is -5.27. The fourth-order valence-electron chi connectivity index (χ4n) is 3.19. The van der Waals surface area contributed by atoms with Crippen molar-refractivity contribution in [2.45, 2.75) is 69.1 Å². The SMILES string of the molecule is NC(=O)CCC(NC(=O)C(CC(=O)O)NC(=O)C1CCCN1)C(=O)NC(CCC(=O)O)C(=O)O. The largest absolute Gasteiger partial charge is 0.481 e. The van der Waals surface area contributed by atoms with E-state index in [-0.39, 0.29) is 12.8 Å². The first-order chi connectivity index (χ1) is 15.9. The maximum atomic E-state index is 12.7. The molecule has 15 nitrogen and oxygen atoms in total. The van der Waals surface area contributed by atoms with Crippen molar-refractivity contribution in [2.24, 2.45) is 5.73 Å². The Balaban J connectivity index is 2.95. The molecule has 0 saturated carbocycles. The fraction of sp³-hybridized carbons (Fsp3) is 0.632. The molecule has 4 atom stereocenters. The Labute approximate surface area is 193 Å². The van der Waals surface area contributed by atoms with Crippen LogP contribution in [0.3, 0.4) is 0 Å². The van der Waals surface area contributed by atoms with E-state index in [1.165, 1.54) is 0 Å². The van der Waals surface area contributed by atoms with E-state index < -0.39 is 85.0 Å². The summed E-state index contributed by atoms with van der Waals surface area (Å²) in [6.07, 6.45) is -1.33. The number of rotatable bonds is 15. The van der Waals surface area contributed by atoms with Gasteiger partial charge in [0.1, 0.15) is 18.1 Å². The highest BCUT2D eigenvalue weighted by atomic mass is 16.4. The highest BCUT2D eigenvalue weighted by Gasteiger charge is 2.32. The molecule has 1 heterocycles. The van der Waals surface area contributed by atoms with Crippen molar-refractivity contribution >= 4 is 41.5 Å². The number of hydrogen-bond donors (Lipinski definition) is 8. The zero-order valence-corrected chi connectivity index (χ0v) is 18.2. The van der Waals surface area contributed by atoms with Gasteiger partial charge in [-0.1, -0.05) is 0 Å². The van der Waals surface area contributed by atoms with E-state index in [1.54, 1.807) is 0 Å². The van der Waals surface area contributed by atoms with Gasteiger partial charge in [-0.2, -0.15) is 0 Å². The van der Waals surface area contributed by atoms with Gasteiger partial charge in [-0.25, -0.2) is 4.79 Å². The molecule has 0 aromatic heterocycles. The molecule has 190 valence electrons. The number of nitrogens with one attached hydrogen (secondary N) is 4. The van der Waals surface area contributed by atoms with Crippen LogP contribution in [0.25, 0.3) is 0 Å². The van der Waals surface area contributed by atoms with E-state index in [0.717, 1.165) is 6.42 Å². The number of carboxylic acids is 3. The van der Waals surface area contributed by atoms with Gasteiger partial charge >= 0.3 is 17.9 Å². The average molecular weight is 487 g/mol. The van der Waals surface area contributed by atoms with E-state index in [4.69, 9.17) is 15.9 Å². The van der Waals surface area contributed by atoms with Crippen molar-refractivity contribution in [3.8, 4) is 0 Å². The van der Waals surface area contributed by atoms with Gasteiger partial charge in [0.2, 0.25) is 23.6 Å². The molecule has 0 spiro atoms. The minimum Gasteiger partial charge on any atom is -0.481 e. The van der Waals surface area contributed by atoms with Gasteiger partial charge in [-0.05, 0) is 32.2 Å². The molecule has 0 radical (unpaired) electrons. The number of carbonyl (C=O) groups is 7. The van der Waals surface area contributed by atoms with Gasteiger partial charge in [0.25, 0.3) is 0 Å². The minimum absolute atomic E-state index is 0.351. The van der Waals surface area contributed by atoms with Crippen LogP contribution in [0.15, 0.2) is 0 Å². The lowest BCUT2D eigenvalue weighted by atomic mass is 10.1. The summed E-state index contributed by atoms with van der Waals surface area (Å²) in [4.78, 5) is 82.1. The Morgan fingerprint density at radius 2 is 1.41 bits per heavy atom. The minimum atomic E-state index is -1.60. The van der Waals surface area contributed by atoms with Crippen molar-refractivity contribution in [3.63, 3.8) is 0 Å². The van der Waals surface area contributed by atoms with Crippen molar-refractivity contribution in [1.29, 1.82) is 0 Å². The summed E-state index contributed by atoms with van der Waals surface area (Å²) in [7, 11) is 0. The fourth-order valence-corrected chi connectivity index (χ4v) is 3.19. The van der Waals surface area contributed by atoms with E-state index in [9.17, 15) is 38.7 Å². The average Bonchev–Trinajstić information content (AvgIpc) is 3.27. The normalized spacial score (nSPS) is 17.6. The zero-order valence-electron chi connectivity index (χ0n) is 18.2. The Hall–Kier alpha value is -3.75. The third-order valence-corrected chi connectivity index (χ3v) is 4.96. The molecule has 9 N–H and O–H groups in total. The maximum absolute atomic E-state index is 12.7. The molecule has 0 bridgehead atoms. The lowest BCUT2D eigenvalue weighted by Crippen LogP contribution is -2.57. The number of amides is 4. The molecular weight excluding hydrogens is 458 g/mol. The lowest BCUT2D eigenvalue weighted by molar-refractivity contribution is -0.144. The van der Waals surface area contributed by atoms with E-state index in [0.29, 0.717) is 13.0 Å². The Morgan fingerprint density at radius 1 is 0.824 bits per heavy atom. The number of aliphatic carboxylic acids is 3. The molecule has 1 rings (SSSR count). The van der Waals surface area contributed by atoms with E-state index >= 15 is 0 Å². The van der Waals surface area contributed by atoms with Crippen LogP contribution in [-0.4, -0.2) is 87.6 Å². The molecule has 4 unspecified atom stereocenters. The molecule has 0 aromatic carbocycles. The van der Waals surface area contributed by atoms with Crippen LogP contribution in [0.1, 0.15) is 44.9 Å². The molecule has 4 amide bonds. The molecule has 0 aromatic rings. The quantitative estimate of drug-likeness (QED) is 0.115. The van der Waals surface area contributed by atoms with Crippen molar-refractivity contribution in [1.82, 2.24) is 21.3 Å². The first-order valence-electron chi connectivity index (χ1n) is 10.5. The van der Waals surface area contributed by atoms with Crippen LogP contribution < -0.4 is 27.0 Å². The molecule has 1 saturated heterocycles. The number of nitrogens with two attached hydrogens (primary N) is 1. The monoisotopic (exact) mass is 487 g/mol. The maximum Gasteiger partial charge on any atom is 0.326 e. The number of primary amides is 1. The van der Waals surface area contributed by atoms with E-state index in [1.807, 2.05) is 0 Å². The van der Waals surface area contributed by atoms with Crippen LogP contribution in [0.4, 0.5) is 0 Å². The third kappa shape index (κ3) is 10.2. The summed E-state index contributed by atoms with van der Waals surface area (Å²) in [5, 5.41) is 36.6. The predicted octanol–water partition coefficient (Wildman–Crippen LogP) is -3.12. The van der Waals surface area contributed by atoms with Gasteiger partial charge < -0.3 is 42.3 Å².